The van der Waals surface area contributed by atoms with Crippen LogP contribution in [0, 0.1) is 5.92 Å². The Balaban J connectivity index is 2.67. The predicted octanol–water partition coefficient (Wildman–Crippen LogP) is 3.24. The van der Waals surface area contributed by atoms with Gasteiger partial charge < -0.3 is 10.2 Å². The second-order valence-electron chi connectivity index (χ2n) is 5.05. The molecule has 0 fully saturated rings. The van der Waals surface area contributed by atoms with Gasteiger partial charge in [-0.15, -0.1) is 11.8 Å². The lowest BCUT2D eigenvalue weighted by Gasteiger charge is -2.27. The number of hydrogen-bond acceptors (Lipinski definition) is 3. The van der Waals surface area contributed by atoms with Crippen LogP contribution >= 0.6 is 11.8 Å². The van der Waals surface area contributed by atoms with Gasteiger partial charge in [-0.25, -0.2) is 0 Å². The Morgan fingerprint density at radius 2 is 1.94 bits per heavy atom. The molecular formula is C14H22O2S. The van der Waals surface area contributed by atoms with E-state index in [4.69, 9.17) is 0 Å². The fourth-order valence-corrected chi connectivity index (χ4v) is 2.45. The number of aliphatic hydroxyl groups excluding tert-OH is 1. The number of rotatable bonds is 5. The van der Waals surface area contributed by atoms with Gasteiger partial charge in [-0.05, 0) is 37.5 Å². The van der Waals surface area contributed by atoms with Crippen molar-refractivity contribution in [2.75, 3.05) is 5.75 Å². The van der Waals surface area contributed by atoms with Crippen LogP contribution in [0.2, 0.25) is 0 Å². The molecule has 2 N–H and O–H groups in total. The van der Waals surface area contributed by atoms with E-state index in [1.807, 2.05) is 45.0 Å². The van der Waals surface area contributed by atoms with Crippen molar-refractivity contribution in [3.8, 4) is 0 Å². The molecule has 1 rings (SSSR count). The van der Waals surface area contributed by atoms with Crippen LogP contribution in [0.4, 0.5) is 0 Å². The summed E-state index contributed by atoms with van der Waals surface area (Å²) in [6, 6.07) is 7.84. The minimum Gasteiger partial charge on any atom is -0.389 e. The molecule has 2 unspecified atom stereocenters. The van der Waals surface area contributed by atoms with E-state index < -0.39 is 11.7 Å². The van der Waals surface area contributed by atoms with Gasteiger partial charge in [0.25, 0.3) is 0 Å². The first-order valence-corrected chi connectivity index (χ1v) is 6.94. The molecule has 2 nitrogen and oxygen atoms in total. The molecule has 3 heteroatoms. The lowest BCUT2D eigenvalue weighted by atomic mass is 9.95. The Kier molecular flexibility index (Phi) is 5.04. The molecule has 1 aromatic rings. The maximum absolute atomic E-state index is 10.2. The highest BCUT2D eigenvalue weighted by Gasteiger charge is 2.24. The lowest BCUT2D eigenvalue weighted by Crippen LogP contribution is -2.33. The first kappa shape index (κ1) is 14.6. The first-order chi connectivity index (χ1) is 7.83. The molecule has 0 aromatic heterocycles. The third kappa shape index (κ3) is 4.34. The Labute approximate surface area is 108 Å². The summed E-state index contributed by atoms with van der Waals surface area (Å²) in [5.74, 6) is 0.892. The zero-order chi connectivity index (χ0) is 13.1. The number of thioether (sulfide) groups is 1. The average molecular weight is 254 g/mol. The summed E-state index contributed by atoms with van der Waals surface area (Å²) in [6.45, 7) is 7.66. The van der Waals surface area contributed by atoms with Gasteiger partial charge >= 0.3 is 0 Å². The molecule has 96 valence electrons. The predicted molar refractivity (Wildman–Crippen MR) is 73.3 cm³/mol. The molecule has 0 saturated carbocycles. The molecule has 0 saturated heterocycles. The molecule has 0 aliphatic rings. The van der Waals surface area contributed by atoms with Gasteiger partial charge in [0.1, 0.15) is 0 Å². The summed E-state index contributed by atoms with van der Waals surface area (Å²) in [7, 11) is 0. The third-order valence-electron chi connectivity index (χ3n) is 3.12. The van der Waals surface area contributed by atoms with Crippen molar-refractivity contribution < 1.29 is 10.2 Å². The van der Waals surface area contributed by atoms with E-state index in [1.165, 1.54) is 0 Å². The van der Waals surface area contributed by atoms with E-state index in [0.717, 1.165) is 10.5 Å². The molecule has 0 amide bonds. The molecular weight excluding hydrogens is 232 g/mol. The van der Waals surface area contributed by atoms with Gasteiger partial charge in [0.2, 0.25) is 0 Å². The second kappa shape index (κ2) is 5.89. The summed E-state index contributed by atoms with van der Waals surface area (Å²) in [4.78, 5) is 1.09. The van der Waals surface area contributed by atoms with E-state index in [9.17, 15) is 10.2 Å². The zero-order valence-corrected chi connectivity index (χ0v) is 11.8. The van der Waals surface area contributed by atoms with Gasteiger partial charge in [0.15, 0.2) is 0 Å². The van der Waals surface area contributed by atoms with Crippen molar-refractivity contribution in [2.45, 2.75) is 44.3 Å². The van der Waals surface area contributed by atoms with Gasteiger partial charge in [-0.2, -0.15) is 0 Å². The standard InChI is InChI=1S/C14H22O2S/c1-10(2)14(4,16)9-17-13-7-5-6-12(8-13)11(3)15/h5-8,10-11,15-16H,9H2,1-4H3. The van der Waals surface area contributed by atoms with Crippen LogP contribution in [0.1, 0.15) is 39.4 Å². The second-order valence-corrected chi connectivity index (χ2v) is 6.10. The maximum Gasteiger partial charge on any atom is 0.0762 e. The molecule has 0 heterocycles. The van der Waals surface area contributed by atoms with Crippen LogP contribution in [0.3, 0.4) is 0 Å². The van der Waals surface area contributed by atoms with Crippen molar-refractivity contribution in [3.63, 3.8) is 0 Å². The normalized spacial score (nSPS) is 16.9. The summed E-state index contributed by atoms with van der Waals surface area (Å²) >= 11 is 1.63. The van der Waals surface area contributed by atoms with Crippen LogP contribution in [0.25, 0.3) is 0 Å². The van der Waals surface area contributed by atoms with Crippen LogP contribution < -0.4 is 0 Å². The van der Waals surface area contributed by atoms with E-state index in [0.29, 0.717) is 5.75 Å². The molecule has 0 spiro atoms. The van der Waals surface area contributed by atoms with Crippen LogP contribution in [0.5, 0.6) is 0 Å². The van der Waals surface area contributed by atoms with Crippen molar-refractivity contribution in [2.24, 2.45) is 5.92 Å². The molecule has 2 atom stereocenters. The quantitative estimate of drug-likeness (QED) is 0.793. The van der Waals surface area contributed by atoms with E-state index in [-0.39, 0.29) is 5.92 Å². The average Bonchev–Trinajstić information content (AvgIpc) is 2.26. The molecule has 0 bridgehead atoms. The van der Waals surface area contributed by atoms with E-state index >= 15 is 0 Å². The molecule has 1 aromatic carbocycles. The monoisotopic (exact) mass is 254 g/mol. The summed E-state index contributed by atoms with van der Waals surface area (Å²) < 4.78 is 0. The number of hydrogen-bond donors (Lipinski definition) is 2. The van der Waals surface area contributed by atoms with Crippen molar-refractivity contribution in [3.05, 3.63) is 29.8 Å². The van der Waals surface area contributed by atoms with Crippen molar-refractivity contribution in [1.29, 1.82) is 0 Å². The van der Waals surface area contributed by atoms with Gasteiger partial charge in [-0.1, -0.05) is 26.0 Å². The highest BCUT2D eigenvalue weighted by Crippen LogP contribution is 2.28. The summed E-state index contributed by atoms with van der Waals surface area (Å²) in [6.07, 6.45) is -0.443. The first-order valence-electron chi connectivity index (χ1n) is 5.96. The Hall–Kier alpha value is -0.510. The number of aliphatic hydroxyl groups is 2. The smallest absolute Gasteiger partial charge is 0.0762 e. The van der Waals surface area contributed by atoms with Crippen LogP contribution in [-0.4, -0.2) is 21.6 Å². The Morgan fingerprint density at radius 1 is 1.29 bits per heavy atom. The van der Waals surface area contributed by atoms with Crippen LogP contribution in [0.15, 0.2) is 29.2 Å². The van der Waals surface area contributed by atoms with Gasteiger partial charge in [0, 0.05) is 10.6 Å². The molecule has 0 aliphatic heterocycles. The van der Waals surface area contributed by atoms with E-state index in [1.54, 1.807) is 18.7 Å². The SMILES string of the molecule is CC(O)c1cccc(SCC(C)(O)C(C)C)c1. The zero-order valence-electron chi connectivity index (χ0n) is 11.0. The van der Waals surface area contributed by atoms with Crippen molar-refractivity contribution >= 4 is 11.8 Å². The minimum atomic E-state index is -0.661. The third-order valence-corrected chi connectivity index (χ3v) is 4.43. The highest BCUT2D eigenvalue weighted by atomic mass is 32.2. The molecule has 0 aliphatic carbocycles. The topological polar surface area (TPSA) is 40.5 Å². The summed E-state index contributed by atoms with van der Waals surface area (Å²) in [5.41, 5.74) is 0.255. The minimum absolute atomic E-state index is 0.231. The Bertz CT molecular complexity index is 359. The van der Waals surface area contributed by atoms with Gasteiger partial charge in [0.05, 0.1) is 11.7 Å². The largest absolute Gasteiger partial charge is 0.389 e. The molecule has 0 radical (unpaired) electrons. The highest BCUT2D eigenvalue weighted by molar-refractivity contribution is 7.99. The summed E-state index contributed by atoms with van der Waals surface area (Å²) in [5, 5.41) is 19.7. The van der Waals surface area contributed by atoms with E-state index in [2.05, 4.69) is 0 Å². The van der Waals surface area contributed by atoms with Crippen LogP contribution in [-0.2, 0) is 0 Å². The fraction of sp³-hybridized carbons (Fsp3) is 0.571. The number of benzene rings is 1. The van der Waals surface area contributed by atoms with Crippen molar-refractivity contribution in [1.82, 2.24) is 0 Å². The maximum atomic E-state index is 10.2. The molecule has 17 heavy (non-hydrogen) atoms. The lowest BCUT2D eigenvalue weighted by molar-refractivity contribution is 0.0376. The Morgan fingerprint density at radius 3 is 2.47 bits per heavy atom. The van der Waals surface area contributed by atoms with Gasteiger partial charge in [-0.3, -0.25) is 0 Å². The fourth-order valence-electron chi connectivity index (χ4n) is 1.26.